The van der Waals surface area contributed by atoms with Crippen LogP contribution in [-0.2, 0) is 0 Å². The second-order valence-corrected chi connectivity index (χ2v) is 7.07. The Labute approximate surface area is 155 Å². The Bertz CT molecular complexity index is 884. The Kier molecular flexibility index (Phi) is 4.88. The number of nitrogens with zero attached hydrogens (tertiary/aromatic N) is 1. The summed E-state index contributed by atoms with van der Waals surface area (Å²) in [5, 5.41) is 1.13. The summed E-state index contributed by atoms with van der Waals surface area (Å²) in [6.07, 6.45) is 0. The lowest BCUT2D eigenvalue weighted by molar-refractivity contribution is 0.0962. The molecule has 5 nitrogen and oxygen atoms in total. The lowest BCUT2D eigenvalue weighted by Crippen LogP contribution is -2.29. The van der Waals surface area contributed by atoms with Crippen LogP contribution in [-0.4, -0.2) is 18.0 Å². The van der Waals surface area contributed by atoms with Crippen molar-refractivity contribution in [1.29, 1.82) is 0 Å². The van der Waals surface area contributed by atoms with Crippen molar-refractivity contribution in [2.24, 2.45) is 0 Å². The lowest BCUT2D eigenvalue weighted by atomic mass is 10.2. The Balaban J connectivity index is 1.81. The topological polar surface area (TPSA) is 63.2 Å². The van der Waals surface area contributed by atoms with E-state index >= 15 is 0 Å². The fourth-order valence-electron chi connectivity index (χ4n) is 1.99. The Morgan fingerprint density at radius 2 is 2.09 bits per heavy atom. The normalized spacial score (nSPS) is 10.6. The fraction of sp³-hybridized carbons (Fsp3) is 0.0667. The van der Waals surface area contributed by atoms with Crippen LogP contribution in [0.4, 0.5) is 5.13 Å². The molecule has 0 aliphatic carbocycles. The second kappa shape index (κ2) is 6.90. The predicted molar refractivity (Wildman–Crippen MR) is 101 cm³/mol. The molecule has 0 aliphatic rings. The molecule has 23 heavy (non-hydrogen) atoms. The highest BCUT2D eigenvalue weighted by Gasteiger charge is 2.13. The van der Waals surface area contributed by atoms with Crippen molar-refractivity contribution in [3.8, 4) is 5.75 Å². The van der Waals surface area contributed by atoms with Crippen LogP contribution in [0.25, 0.3) is 10.2 Å². The number of thiazole rings is 1. The van der Waals surface area contributed by atoms with Crippen LogP contribution in [0.2, 0.25) is 5.02 Å². The zero-order valence-electron chi connectivity index (χ0n) is 11.9. The Morgan fingerprint density at radius 3 is 2.83 bits per heavy atom. The van der Waals surface area contributed by atoms with Crippen LogP contribution in [0.15, 0.2) is 36.4 Å². The highest BCUT2D eigenvalue weighted by Crippen LogP contribution is 2.37. The molecular weight excluding hydrogens is 449 g/mol. The van der Waals surface area contributed by atoms with E-state index in [1.807, 2.05) is 18.2 Å². The number of hydrazine groups is 1. The van der Waals surface area contributed by atoms with Crippen molar-refractivity contribution >= 4 is 66.8 Å². The monoisotopic (exact) mass is 459 g/mol. The third-order valence-corrected chi connectivity index (χ3v) is 5.45. The molecule has 0 saturated heterocycles. The van der Waals surface area contributed by atoms with Gasteiger partial charge in [0.25, 0.3) is 5.91 Å². The van der Waals surface area contributed by atoms with Crippen LogP contribution < -0.4 is 15.6 Å². The molecule has 3 aromatic rings. The summed E-state index contributed by atoms with van der Waals surface area (Å²) in [4.78, 5) is 16.6. The van der Waals surface area contributed by atoms with Crippen LogP contribution >= 0.6 is 45.5 Å². The van der Waals surface area contributed by atoms with Gasteiger partial charge >= 0.3 is 0 Å². The molecule has 0 fully saturated rings. The van der Waals surface area contributed by atoms with Crippen molar-refractivity contribution in [3.63, 3.8) is 0 Å². The summed E-state index contributed by atoms with van der Waals surface area (Å²) in [6.45, 7) is 0. The van der Waals surface area contributed by atoms with Gasteiger partial charge in [0.1, 0.15) is 11.3 Å². The van der Waals surface area contributed by atoms with E-state index in [-0.39, 0.29) is 5.91 Å². The predicted octanol–water partition coefficient (Wildman–Crippen LogP) is 4.32. The van der Waals surface area contributed by atoms with Gasteiger partial charge in [0.15, 0.2) is 0 Å². The zero-order chi connectivity index (χ0) is 16.4. The molecule has 0 bridgehead atoms. The number of aromatic nitrogens is 1. The molecule has 2 N–H and O–H groups in total. The highest BCUT2D eigenvalue weighted by atomic mass is 127. The summed E-state index contributed by atoms with van der Waals surface area (Å²) < 4.78 is 6.95. The van der Waals surface area contributed by atoms with Crippen molar-refractivity contribution < 1.29 is 9.53 Å². The molecule has 8 heteroatoms. The molecule has 0 unspecified atom stereocenters. The van der Waals surface area contributed by atoms with Gasteiger partial charge in [-0.2, -0.15) is 0 Å². The number of nitrogens with one attached hydrogen (secondary N) is 2. The molecule has 0 atom stereocenters. The van der Waals surface area contributed by atoms with Gasteiger partial charge in [-0.05, 0) is 46.9 Å². The standard InChI is InChI=1S/C15H11ClIN3O2S/c1-22-11-7-6-9(16)13-12(11)18-15(23-13)20-19-14(21)8-4-2-3-5-10(8)17/h2-7H,1H3,(H,18,20)(H,19,21). The maximum Gasteiger partial charge on any atom is 0.270 e. The molecule has 1 amide bonds. The number of halogens is 2. The van der Waals surface area contributed by atoms with E-state index in [2.05, 4.69) is 38.4 Å². The smallest absolute Gasteiger partial charge is 0.270 e. The first-order valence-corrected chi connectivity index (χ1v) is 8.81. The molecule has 118 valence electrons. The van der Waals surface area contributed by atoms with Crippen LogP contribution in [0.1, 0.15) is 10.4 Å². The second-order valence-electron chi connectivity index (χ2n) is 4.51. The number of fused-ring (bicyclic) bond motifs is 1. The molecular formula is C15H11ClIN3O2S. The fourth-order valence-corrected chi connectivity index (χ4v) is 3.73. The number of benzene rings is 2. The van der Waals surface area contributed by atoms with E-state index in [0.717, 1.165) is 8.27 Å². The average molecular weight is 460 g/mol. The highest BCUT2D eigenvalue weighted by molar-refractivity contribution is 14.1. The van der Waals surface area contributed by atoms with Gasteiger partial charge in [-0.1, -0.05) is 35.1 Å². The van der Waals surface area contributed by atoms with Gasteiger partial charge in [0.2, 0.25) is 5.13 Å². The molecule has 2 aromatic carbocycles. The van der Waals surface area contributed by atoms with E-state index in [1.54, 1.807) is 25.3 Å². The third kappa shape index (κ3) is 3.36. The number of hydrogen-bond donors (Lipinski definition) is 2. The molecule has 0 radical (unpaired) electrons. The third-order valence-electron chi connectivity index (χ3n) is 3.08. The molecule has 0 spiro atoms. The first kappa shape index (κ1) is 16.3. The van der Waals surface area contributed by atoms with Gasteiger partial charge < -0.3 is 4.74 Å². The van der Waals surface area contributed by atoms with E-state index in [1.165, 1.54) is 11.3 Å². The van der Waals surface area contributed by atoms with Crippen molar-refractivity contribution in [2.45, 2.75) is 0 Å². The van der Waals surface area contributed by atoms with E-state index in [9.17, 15) is 4.79 Å². The summed E-state index contributed by atoms with van der Waals surface area (Å²) in [5.74, 6) is 0.407. The average Bonchev–Trinajstić information content (AvgIpc) is 2.99. The van der Waals surface area contributed by atoms with Crippen LogP contribution in [0.3, 0.4) is 0 Å². The van der Waals surface area contributed by atoms with Gasteiger partial charge in [0, 0.05) is 3.57 Å². The van der Waals surface area contributed by atoms with Crippen molar-refractivity contribution in [1.82, 2.24) is 10.4 Å². The number of hydrogen-bond acceptors (Lipinski definition) is 5. The van der Waals surface area contributed by atoms with Gasteiger partial charge in [-0.15, -0.1) is 0 Å². The summed E-state index contributed by atoms with van der Waals surface area (Å²) in [5.41, 5.74) is 6.73. The van der Waals surface area contributed by atoms with Gasteiger partial charge in [-0.3, -0.25) is 15.6 Å². The van der Waals surface area contributed by atoms with Gasteiger partial charge in [-0.25, -0.2) is 4.98 Å². The van der Waals surface area contributed by atoms with Gasteiger partial charge in [0.05, 0.1) is 22.4 Å². The SMILES string of the molecule is COc1ccc(Cl)c2sc(NNC(=O)c3ccccc3I)nc12. The summed E-state index contributed by atoms with van der Waals surface area (Å²) >= 11 is 9.64. The number of methoxy groups -OCH3 is 1. The minimum absolute atomic E-state index is 0.229. The largest absolute Gasteiger partial charge is 0.494 e. The number of ether oxygens (including phenoxy) is 1. The molecule has 0 aliphatic heterocycles. The van der Waals surface area contributed by atoms with Crippen LogP contribution in [0, 0.1) is 3.57 Å². The summed E-state index contributed by atoms with van der Waals surface area (Å²) in [6, 6.07) is 10.9. The number of amides is 1. The summed E-state index contributed by atoms with van der Waals surface area (Å²) in [7, 11) is 1.58. The quantitative estimate of drug-likeness (QED) is 0.451. The number of rotatable bonds is 4. The zero-order valence-corrected chi connectivity index (χ0v) is 15.6. The van der Waals surface area contributed by atoms with E-state index in [0.29, 0.717) is 27.0 Å². The lowest BCUT2D eigenvalue weighted by Gasteiger charge is -2.06. The van der Waals surface area contributed by atoms with E-state index < -0.39 is 0 Å². The van der Waals surface area contributed by atoms with Crippen LogP contribution in [0.5, 0.6) is 5.75 Å². The number of carbonyl (C=O) groups is 1. The first-order chi connectivity index (χ1) is 11.1. The molecule has 3 rings (SSSR count). The molecule has 1 aromatic heterocycles. The molecule has 0 saturated carbocycles. The van der Waals surface area contributed by atoms with Crippen molar-refractivity contribution in [3.05, 3.63) is 50.6 Å². The van der Waals surface area contributed by atoms with Crippen molar-refractivity contribution in [2.75, 3.05) is 12.5 Å². The minimum atomic E-state index is -0.229. The van der Waals surface area contributed by atoms with E-state index in [4.69, 9.17) is 16.3 Å². The Hall–Kier alpha value is -1.58. The maximum absolute atomic E-state index is 12.2. The maximum atomic E-state index is 12.2. The number of carbonyl (C=O) groups excluding carboxylic acids is 1. The molecule has 1 heterocycles. The minimum Gasteiger partial charge on any atom is -0.494 e. The Morgan fingerprint density at radius 1 is 1.30 bits per heavy atom. The number of anilines is 1. The first-order valence-electron chi connectivity index (χ1n) is 6.54.